The first-order valence-corrected chi connectivity index (χ1v) is 12.7. The van der Waals surface area contributed by atoms with Gasteiger partial charge in [0.1, 0.15) is 0 Å². The summed E-state index contributed by atoms with van der Waals surface area (Å²) in [6, 6.07) is 0. The molecule has 0 spiro atoms. The van der Waals surface area contributed by atoms with Crippen molar-refractivity contribution in [3.63, 3.8) is 0 Å². The van der Waals surface area contributed by atoms with Gasteiger partial charge in [0, 0.05) is 0 Å². The van der Waals surface area contributed by atoms with Crippen LogP contribution in [0, 0.1) is 41.4 Å². The molecular weight excluding hydrogens is 479 g/mol. The molecule has 13 heteroatoms. The van der Waals surface area contributed by atoms with Crippen LogP contribution in [0.15, 0.2) is 0 Å². The molecule has 33 heavy (non-hydrogen) atoms. The van der Waals surface area contributed by atoms with E-state index >= 15 is 0 Å². The maximum absolute atomic E-state index is 14.0. The highest BCUT2D eigenvalue weighted by Crippen LogP contribution is 2.70. The predicted molar refractivity (Wildman–Crippen MR) is 97.3 cm³/mol. The monoisotopic (exact) mass is 502 g/mol. The number of fused-ring (bicyclic) bond motifs is 5. The Morgan fingerprint density at radius 2 is 1.30 bits per heavy atom. The maximum atomic E-state index is 14.0. The highest BCUT2D eigenvalue weighted by molar-refractivity contribution is 7.86. The Hall–Kier alpha value is -1.05. The van der Waals surface area contributed by atoms with Crippen LogP contribution in [-0.4, -0.2) is 60.9 Å². The largest absolute Gasteiger partial charge is 0.444 e. The summed E-state index contributed by atoms with van der Waals surface area (Å²) in [5.41, 5.74) is 0. The summed E-state index contributed by atoms with van der Waals surface area (Å²) in [6.07, 6.45) is -6.95. The van der Waals surface area contributed by atoms with E-state index in [9.17, 15) is 35.2 Å². The Bertz CT molecular complexity index is 936. The van der Waals surface area contributed by atoms with Gasteiger partial charge >= 0.3 is 27.5 Å². The zero-order valence-corrected chi connectivity index (χ0v) is 18.0. The van der Waals surface area contributed by atoms with E-state index in [1.807, 2.05) is 0 Å². The van der Waals surface area contributed by atoms with Crippen LogP contribution in [0.1, 0.15) is 32.1 Å². The van der Waals surface area contributed by atoms with Gasteiger partial charge in [-0.25, -0.2) is 0 Å². The maximum Gasteiger partial charge on any atom is 0.432 e. The summed E-state index contributed by atoms with van der Waals surface area (Å²) in [7, 11) is -6.48. The first-order valence-electron chi connectivity index (χ1n) is 11.2. The third-order valence-electron chi connectivity index (χ3n) is 9.13. The van der Waals surface area contributed by atoms with Crippen molar-refractivity contribution in [1.29, 1.82) is 0 Å². The molecule has 1 N–H and O–H groups in total. The van der Waals surface area contributed by atoms with Crippen molar-refractivity contribution in [2.24, 2.45) is 41.4 Å². The zero-order valence-electron chi connectivity index (χ0n) is 17.2. The lowest BCUT2D eigenvalue weighted by Gasteiger charge is -2.59. The number of rotatable bonds is 4. The Labute approximate surface area is 186 Å². The number of carbonyl (C=O) groups is 1. The Kier molecular flexibility index (Phi) is 4.61. The van der Waals surface area contributed by atoms with Gasteiger partial charge in [0.15, 0.2) is 0 Å². The molecule has 0 amide bonds. The number of hydrogen-bond acceptors (Lipinski definition) is 6. The first kappa shape index (κ1) is 22.4. The van der Waals surface area contributed by atoms with Gasteiger partial charge in [-0.2, -0.15) is 30.4 Å². The van der Waals surface area contributed by atoms with Crippen molar-refractivity contribution in [2.45, 2.75) is 74.1 Å². The van der Waals surface area contributed by atoms with Crippen LogP contribution in [0.2, 0.25) is 0 Å². The van der Waals surface area contributed by atoms with Gasteiger partial charge in [-0.3, -0.25) is 9.35 Å². The molecule has 0 aromatic heterocycles. The van der Waals surface area contributed by atoms with E-state index in [0.29, 0.717) is 0 Å². The van der Waals surface area contributed by atoms with Gasteiger partial charge < -0.3 is 14.2 Å². The van der Waals surface area contributed by atoms with E-state index in [-0.39, 0.29) is 60.4 Å². The van der Waals surface area contributed by atoms with Crippen molar-refractivity contribution in [3.8, 4) is 0 Å². The second-order valence-corrected chi connectivity index (χ2v) is 11.9. The molecule has 7 rings (SSSR count). The molecule has 7 fully saturated rings. The van der Waals surface area contributed by atoms with Crippen molar-refractivity contribution in [1.82, 2.24) is 0 Å². The molecule has 4 heterocycles. The second kappa shape index (κ2) is 6.79. The summed E-state index contributed by atoms with van der Waals surface area (Å²) < 4.78 is 115. The Morgan fingerprint density at radius 3 is 1.73 bits per heavy atom. The van der Waals surface area contributed by atoms with Crippen molar-refractivity contribution >= 4 is 16.1 Å². The second-order valence-electron chi connectivity index (χ2n) is 10.4. The average molecular weight is 502 g/mol. The molecule has 7 aliphatic rings. The quantitative estimate of drug-likeness (QED) is 0.359. The molecule has 10 unspecified atom stereocenters. The lowest BCUT2D eigenvalue weighted by atomic mass is 9.42. The van der Waals surface area contributed by atoms with Crippen LogP contribution in [0.4, 0.5) is 22.0 Å². The average Bonchev–Trinajstić information content (AvgIpc) is 3.51. The lowest BCUT2D eigenvalue weighted by Crippen LogP contribution is -2.62. The molecule has 10 atom stereocenters. The van der Waals surface area contributed by atoms with Crippen LogP contribution in [0.5, 0.6) is 0 Å². The van der Waals surface area contributed by atoms with Gasteiger partial charge in [0.05, 0.1) is 30.3 Å². The minimum atomic E-state index is -6.48. The zero-order chi connectivity index (χ0) is 23.7. The van der Waals surface area contributed by atoms with Gasteiger partial charge in [0.25, 0.3) is 6.10 Å². The minimum absolute atomic E-state index is 0.0244. The summed E-state index contributed by atoms with van der Waals surface area (Å²) in [6.45, 7) is 0. The van der Waals surface area contributed by atoms with E-state index < -0.39 is 45.5 Å². The van der Waals surface area contributed by atoms with Crippen molar-refractivity contribution in [3.05, 3.63) is 0 Å². The van der Waals surface area contributed by atoms with Gasteiger partial charge in [-0.05, 0) is 67.6 Å². The molecule has 6 bridgehead atoms. The van der Waals surface area contributed by atoms with E-state index in [0.717, 1.165) is 25.7 Å². The third kappa shape index (κ3) is 2.94. The number of ether oxygens (including phenoxy) is 3. The highest BCUT2D eigenvalue weighted by Gasteiger charge is 2.73. The molecule has 4 saturated heterocycles. The fourth-order valence-corrected chi connectivity index (χ4v) is 8.82. The molecular formula is C20H23F5O7S. The number of carbonyl (C=O) groups excluding carboxylic acids is 1. The topological polar surface area (TPSA) is 99.1 Å². The van der Waals surface area contributed by atoms with Gasteiger partial charge in [-0.1, -0.05) is 0 Å². The van der Waals surface area contributed by atoms with E-state index in [1.54, 1.807) is 0 Å². The normalized spacial score (nSPS) is 48.6. The number of alkyl halides is 5. The number of halogens is 5. The van der Waals surface area contributed by atoms with Crippen LogP contribution in [0.25, 0.3) is 0 Å². The third-order valence-corrected chi connectivity index (χ3v) is 10.0. The first-order chi connectivity index (χ1) is 15.3. The van der Waals surface area contributed by atoms with E-state index in [4.69, 9.17) is 14.0 Å². The Balaban J connectivity index is 1.33. The number of esters is 1. The summed E-state index contributed by atoms with van der Waals surface area (Å²) >= 11 is 0. The standard InChI is InChI=1S/C20H23F5O7S/c21-19(22,23)18(20(24,25)33(27,28)29)32-17(26)7-5-6-12-8-1-3-10(30-8)15(12)14(7)16-11-4-2-9(31-11)13(6)16/h6-16,18H,1-5H2,(H,27,28,29). The molecule has 0 aromatic carbocycles. The smallest absolute Gasteiger partial charge is 0.432 e. The Morgan fingerprint density at radius 1 is 0.848 bits per heavy atom. The summed E-state index contributed by atoms with van der Waals surface area (Å²) in [5, 5.41) is -5.73. The van der Waals surface area contributed by atoms with Crippen molar-refractivity contribution in [2.75, 3.05) is 0 Å². The molecule has 4 aliphatic heterocycles. The molecule has 0 aromatic rings. The summed E-state index contributed by atoms with van der Waals surface area (Å²) in [4.78, 5) is 13.0. The van der Waals surface area contributed by atoms with Gasteiger partial charge in [-0.15, -0.1) is 0 Å². The van der Waals surface area contributed by atoms with E-state index in [2.05, 4.69) is 4.74 Å². The highest BCUT2D eigenvalue weighted by atomic mass is 32.2. The molecule has 3 aliphatic carbocycles. The molecule has 0 radical (unpaired) electrons. The van der Waals surface area contributed by atoms with Crippen molar-refractivity contribution < 1.29 is 53.9 Å². The molecule has 186 valence electrons. The summed E-state index contributed by atoms with van der Waals surface area (Å²) in [5.74, 6) is -2.95. The fraction of sp³-hybridized carbons (Fsp3) is 0.950. The van der Waals surface area contributed by atoms with Crippen LogP contribution < -0.4 is 0 Å². The lowest BCUT2D eigenvalue weighted by molar-refractivity contribution is -0.264. The fourth-order valence-electron chi connectivity index (χ4n) is 8.37. The number of hydrogen-bond donors (Lipinski definition) is 1. The SMILES string of the molecule is O=C(OC(C(F)(F)F)C(F)(F)S(=O)(=O)O)C1CC2C3C4CCC(O4)C3C1C1C3CCC(O3)C21. The van der Waals surface area contributed by atoms with Crippen LogP contribution >= 0.6 is 0 Å². The van der Waals surface area contributed by atoms with Crippen LogP contribution in [-0.2, 0) is 29.1 Å². The minimum Gasteiger partial charge on any atom is -0.444 e. The van der Waals surface area contributed by atoms with Crippen LogP contribution in [0.3, 0.4) is 0 Å². The van der Waals surface area contributed by atoms with E-state index in [1.165, 1.54) is 0 Å². The predicted octanol–water partition coefficient (Wildman–Crippen LogP) is 2.79. The van der Waals surface area contributed by atoms with Gasteiger partial charge in [0.2, 0.25) is 0 Å². The molecule has 7 nitrogen and oxygen atoms in total. The molecule has 3 saturated carbocycles.